The molecule has 28 heavy (non-hydrogen) atoms. The number of aromatic nitrogens is 3. The number of nitrogens with zero attached hydrogens (tertiary/aromatic N) is 3. The number of para-hydroxylation sites is 1. The Hall–Kier alpha value is -3.18. The van der Waals surface area contributed by atoms with Crippen LogP contribution in [0.4, 0.5) is 5.82 Å². The highest BCUT2D eigenvalue weighted by Gasteiger charge is 2.20. The van der Waals surface area contributed by atoms with Crippen LogP contribution in [0.3, 0.4) is 0 Å². The lowest BCUT2D eigenvalue weighted by Gasteiger charge is -2.24. The molecule has 0 unspecified atom stereocenters. The number of rotatable bonds is 4. The first-order valence-electron chi connectivity index (χ1n) is 9.71. The van der Waals surface area contributed by atoms with Crippen molar-refractivity contribution in [2.75, 3.05) is 18.5 Å². The third-order valence-corrected chi connectivity index (χ3v) is 5.26. The normalized spacial score (nSPS) is 15.0. The lowest BCUT2D eigenvalue weighted by atomic mass is 10.1. The van der Waals surface area contributed by atoms with E-state index in [1.165, 1.54) is 0 Å². The lowest BCUT2D eigenvalue weighted by Crippen LogP contribution is -2.28. The minimum absolute atomic E-state index is 0.371. The molecule has 0 bridgehead atoms. The number of ether oxygens (including phenoxy) is 1. The molecule has 3 heterocycles. The van der Waals surface area contributed by atoms with Crippen LogP contribution in [0.2, 0.25) is 0 Å². The van der Waals surface area contributed by atoms with Crippen LogP contribution >= 0.6 is 0 Å². The van der Waals surface area contributed by atoms with Gasteiger partial charge in [-0.2, -0.15) is 0 Å². The number of fused-ring (bicyclic) bond motifs is 1. The van der Waals surface area contributed by atoms with E-state index < -0.39 is 0 Å². The molecule has 0 aliphatic carbocycles. The second-order valence-electron chi connectivity index (χ2n) is 7.07. The summed E-state index contributed by atoms with van der Waals surface area (Å²) < 4.78 is 7.65. The van der Waals surface area contributed by atoms with Crippen LogP contribution in [0.25, 0.3) is 27.8 Å². The van der Waals surface area contributed by atoms with E-state index in [-0.39, 0.29) is 0 Å². The summed E-state index contributed by atoms with van der Waals surface area (Å²) in [4.78, 5) is 9.26. The first-order chi connectivity index (χ1) is 13.9. The van der Waals surface area contributed by atoms with Crippen molar-refractivity contribution in [3.63, 3.8) is 0 Å². The van der Waals surface area contributed by atoms with Crippen LogP contribution in [0.5, 0.6) is 0 Å². The number of hydrogen-bond acceptors (Lipinski definition) is 4. The SMILES string of the molecule is c1ccc(-c2cn(-c3ccccc3)c3ncnc(NC4CCOCC4)c23)cc1. The summed E-state index contributed by atoms with van der Waals surface area (Å²) in [5.74, 6) is 0.894. The molecule has 0 atom stereocenters. The molecular formula is C23H22N4O. The van der Waals surface area contributed by atoms with Gasteiger partial charge in [-0.3, -0.25) is 0 Å². The molecule has 0 amide bonds. The molecule has 0 radical (unpaired) electrons. The van der Waals surface area contributed by atoms with E-state index in [9.17, 15) is 0 Å². The zero-order valence-electron chi connectivity index (χ0n) is 15.6. The maximum atomic E-state index is 5.50. The first-order valence-corrected chi connectivity index (χ1v) is 9.71. The average molecular weight is 370 g/mol. The summed E-state index contributed by atoms with van der Waals surface area (Å²) >= 11 is 0. The highest BCUT2D eigenvalue weighted by molar-refractivity contribution is 6.02. The highest BCUT2D eigenvalue weighted by Crippen LogP contribution is 2.35. The predicted octanol–water partition coefficient (Wildman–Crippen LogP) is 4.68. The fourth-order valence-electron chi connectivity index (χ4n) is 3.83. The van der Waals surface area contributed by atoms with E-state index >= 15 is 0 Å². The number of anilines is 1. The maximum absolute atomic E-state index is 5.50. The Morgan fingerprint density at radius 2 is 1.61 bits per heavy atom. The number of hydrogen-bond donors (Lipinski definition) is 1. The Labute approximate surface area is 164 Å². The first kappa shape index (κ1) is 17.0. The second-order valence-corrected chi connectivity index (χ2v) is 7.07. The van der Waals surface area contributed by atoms with Crippen LogP contribution in [-0.4, -0.2) is 33.8 Å². The quantitative estimate of drug-likeness (QED) is 0.567. The lowest BCUT2D eigenvalue weighted by molar-refractivity contribution is 0.0904. The molecule has 1 fully saturated rings. The third-order valence-electron chi connectivity index (χ3n) is 5.26. The van der Waals surface area contributed by atoms with E-state index in [0.717, 1.165) is 59.7 Å². The van der Waals surface area contributed by atoms with Gasteiger partial charge in [-0.05, 0) is 30.5 Å². The Morgan fingerprint density at radius 1 is 0.893 bits per heavy atom. The standard InChI is InChI=1S/C23H22N4O/c1-3-7-17(8-4-1)20-15-27(19-9-5-2-6-10-19)23-21(20)22(24-16-25-23)26-18-11-13-28-14-12-18/h1-10,15-16,18H,11-14H2,(H,24,25,26). The van der Waals surface area contributed by atoms with Crippen molar-refractivity contribution >= 4 is 16.9 Å². The van der Waals surface area contributed by atoms with E-state index in [0.29, 0.717) is 6.04 Å². The zero-order valence-corrected chi connectivity index (χ0v) is 15.6. The van der Waals surface area contributed by atoms with Gasteiger partial charge in [0.05, 0.1) is 5.39 Å². The summed E-state index contributed by atoms with van der Waals surface area (Å²) in [6.07, 6.45) is 5.80. The molecule has 1 aliphatic heterocycles. The van der Waals surface area contributed by atoms with Crippen molar-refractivity contribution in [1.29, 1.82) is 0 Å². The minimum Gasteiger partial charge on any atom is -0.381 e. The van der Waals surface area contributed by atoms with Crippen LogP contribution in [0, 0.1) is 0 Å². The van der Waals surface area contributed by atoms with Gasteiger partial charge in [0.15, 0.2) is 5.65 Å². The van der Waals surface area contributed by atoms with Crippen molar-refractivity contribution < 1.29 is 4.74 Å². The fourth-order valence-corrected chi connectivity index (χ4v) is 3.83. The van der Waals surface area contributed by atoms with Crippen LogP contribution in [-0.2, 0) is 4.74 Å². The molecule has 4 aromatic rings. The molecule has 5 nitrogen and oxygen atoms in total. The molecular weight excluding hydrogens is 348 g/mol. The van der Waals surface area contributed by atoms with Crippen molar-refractivity contribution in [3.05, 3.63) is 73.2 Å². The molecule has 0 saturated carbocycles. The summed E-state index contributed by atoms with van der Waals surface area (Å²) in [6, 6.07) is 21.1. The molecule has 0 spiro atoms. The summed E-state index contributed by atoms with van der Waals surface area (Å²) in [6.45, 7) is 1.59. The van der Waals surface area contributed by atoms with Gasteiger partial charge in [0.1, 0.15) is 12.1 Å². The van der Waals surface area contributed by atoms with E-state index in [4.69, 9.17) is 4.74 Å². The van der Waals surface area contributed by atoms with Gasteiger partial charge in [0.2, 0.25) is 0 Å². The Balaban J connectivity index is 1.69. The third kappa shape index (κ3) is 3.14. The Morgan fingerprint density at radius 3 is 2.36 bits per heavy atom. The fraction of sp³-hybridized carbons (Fsp3) is 0.217. The Kier molecular flexibility index (Phi) is 4.51. The molecule has 5 rings (SSSR count). The van der Waals surface area contributed by atoms with Crippen molar-refractivity contribution in [2.45, 2.75) is 18.9 Å². The van der Waals surface area contributed by atoms with Gasteiger partial charge in [-0.15, -0.1) is 0 Å². The van der Waals surface area contributed by atoms with E-state index in [1.807, 2.05) is 24.3 Å². The van der Waals surface area contributed by atoms with Crippen molar-refractivity contribution in [2.24, 2.45) is 0 Å². The molecule has 140 valence electrons. The Bertz CT molecular complexity index is 1070. The molecule has 1 N–H and O–H groups in total. The van der Waals surface area contributed by atoms with Gasteiger partial charge in [-0.1, -0.05) is 48.5 Å². The predicted molar refractivity (Wildman–Crippen MR) is 112 cm³/mol. The van der Waals surface area contributed by atoms with E-state index in [1.54, 1.807) is 6.33 Å². The second kappa shape index (κ2) is 7.44. The maximum Gasteiger partial charge on any atom is 0.150 e. The van der Waals surface area contributed by atoms with Crippen LogP contribution in [0.15, 0.2) is 73.2 Å². The average Bonchev–Trinajstić information content (AvgIpc) is 3.17. The molecule has 1 aliphatic rings. The molecule has 2 aromatic heterocycles. The van der Waals surface area contributed by atoms with Gasteiger partial charge >= 0.3 is 0 Å². The number of benzene rings is 2. The topological polar surface area (TPSA) is 52.0 Å². The molecule has 2 aromatic carbocycles. The largest absolute Gasteiger partial charge is 0.381 e. The number of nitrogens with one attached hydrogen (secondary N) is 1. The molecule has 5 heteroatoms. The minimum atomic E-state index is 0.371. The smallest absolute Gasteiger partial charge is 0.150 e. The van der Waals surface area contributed by atoms with Gasteiger partial charge < -0.3 is 14.6 Å². The molecule has 1 saturated heterocycles. The summed E-state index contributed by atoms with van der Waals surface area (Å²) in [7, 11) is 0. The monoisotopic (exact) mass is 370 g/mol. The zero-order chi connectivity index (χ0) is 18.8. The van der Waals surface area contributed by atoms with Gasteiger partial charge in [0, 0.05) is 36.7 Å². The van der Waals surface area contributed by atoms with Gasteiger partial charge in [0.25, 0.3) is 0 Å². The van der Waals surface area contributed by atoms with Crippen molar-refractivity contribution in [1.82, 2.24) is 14.5 Å². The van der Waals surface area contributed by atoms with Crippen LogP contribution < -0.4 is 5.32 Å². The summed E-state index contributed by atoms with van der Waals surface area (Å²) in [5.41, 5.74) is 4.29. The highest BCUT2D eigenvalue weighted by atomic mass is 16.5. The van der Waals surface area contributed by atoms with Gasteiger partial charge in [-0.25, -0.2) is 9.97 Å². The summed E-state index contributed by atoms with van der Waals surface area (Å²) in [5, 5.41) is 4.71. The van der Waals surface area contributed by atoms with E-state index in [2.05, 4.69) is 62.4 Å². The van der Waals surface area contributed by atoms with Crippen LogP contribution in [0.1, 0.15) is 12.8 Å². The van der Waals surface area contributed by atoms with Crippen molar-refractivity contribution in [3.8, 4) is 16.8 Å².